The van der Waals surface area contributed by atoms with Gasteiger partial charge in [0.05, 0.1) is 11.6 Å². The van der Waals surface area contributed by atoms with Crippen molar-refractivity contribution in [2.75, 3.05) is 7.11 Å². The number of ether oxygens (including phenoxy) is 1. The van der Waals surface area contributed by atoms with Gasteiger partial charge in [0.25, 0.3) is 5.56 Å². The maximum atomic E-state index is 12.4. The largest absolute Gasteiger partial charge is 0.381 e. The predicted molar refractivity (Wildman–Crippen MR) is 75.0 cm³/mol. The first-order chi connectivity index (χ1) is 8.70. The Hall–Kier alpha value is -0.980. The minimum atomic E-state index is 0.0329. The lowest BCUT2D eigenvalue weighted by molar-refractivity contribution is 0.105. The summed E-state index contributed by atoms with van der Waals surface area (Å²) in [5.74, 6) is 0. The Kier molecular flexibility index (Phi) is 3.09. The molecule has 0 aliphatic heterocycles. The first-order valence-electron chi connectivity index (χ1n) is 5.95. The van der Waals surface area contributed by atoms with E-state index in [0.717, 1.165) is 29.5 Å². The molecule has 0 radical (unpaired) electrons. The Morgan fingerprint density at radius 3 is 3.11 bits per heavy atom. The zero-order chi connectivity index (χ0) is 12.7. The van der Waals surface area contributed by atoms with Crippen LogP contribution in [0.3, 0.4) is 0 Å². The molecule has 2 unspecified atom stereocenters. The smallest absolute Gasteiger partial charge is 0.272 e. The van der Waals surface area contributed by atoms with E-state index >= 15 is 0 Å². The molecule has 0 aromatic carbocycles. The minimum Gasteiger partial charge on any atom is -0.381 e. The van der Waals surface area contributed by atoms with Crippen LogP contribution in [0.1, 0.15) is 25.3 Å². The van der Waals surface area contributed by atoms with Gasteiger partial charge in [-0.3, -0.25) is 9.36 Å². The zero-order valence-electron chi connectivity index (χ0n) is 10.0. The summed E-state index contributed by atoms with van der Waals surface area (Å²) in [7, 11) is 1.72. The Labute approximate surface area is 113 Å². The van der Waals surface area contributed by atoms with Crippen LogP contribution in [0.5, 0.6) is 0 Å². The van der Waals surface area contributed by atoms with Crippen LogP contribution in [-0.4, -0.2) is 22.8 Å². The van der Waals surface area contributed by atoms with Crippen molar-refractivity contribution in [1.82, 2.24) is 9.55 Å². The highest BCUT2D eigenvalue weighted by Crippen LogP contribution is 2.31. The third-order valence-corrected chi connectivity index (χ3v) is 4.80. The summed E-state index contributed by atoms with van der Waals surface area (Å²) in [4.78, 5) is 15.6. The van der Waals surface area contributed by atoms with Crippen LogP contribution in [0.2, 0.25) is 0 Å². The van der Waals surface area contributed by atoms with Gasteiger partial charge in [-0.1, -0.05) is 0 Å². The summed E-state index contributed by atoms with van der Waals surface area (Å²) in [5, 5.41) is 1.91. The van der Waals surface area contributed by atoms with Crippen molar-refractivity contribution < 1.29 is 4.74 Å². The molecule has 0 bridgehead atoms. The first kappa shape index (κ1) is 12.1. The van der Waals surface area contributed by atoms with Crippen LogP contribution in [0, 0.1) is 4.77 Å². The summed E-state index contributed by atoms with van der Waals surface area (Å²) in [5.41, 5.74) is 0.873. The van der Waals surface area contributed by atoms with E-state index in [4.69, 9.17) is 17.0 Å². The van der Waals surface area contributed by atoms with Gasteiger partial charge in [0.15, 0.2) is 4.77 Å². The molecule has 2 aromatic rings. The average Bonchev–Trinajstić information content (AvgIpc) is 2.97. The number of methoxy groups -OCH3 is 1. The van der Waals surface area contributed by atoms with Gasteiger partial charge in [-0.05, 0) is 42.9 Å². The fourth-order valence-corrected chi connectivity index (χ4v) is 3.78. The number of nitrogens with zero attached hydrogens (tertiary/aromatic N) is 1. The summed E-state index contributed by atoms with van der Waals surface area (Å²) >= 11 is 6.78. The standard InChI is InChI=1S/C12H14N2O2S2/c1-16-8-3-2-7(6-8)14-11(15)10-9(4-5-18-10)13-12(14)17/h4-5,7-8H,2-3,6H2,1H3,(H,13,17). The summed E-state index contributed by atoms with van der Waals surface area (Å²) in [6.07, 6.45) is 3.05. The molecule has 2 atom stereocenters. The predicted octanol–water partition coefficient (Wildman–Crippen LogP) is 2.86. The first-order valence-corrected chi connectivity index (χ1v) is 7.24. The van der Waals surface area contributed by atoms with Crippen molar-refractivity contribution in [3.63, 3.8) is 0 Å². The topological polar surface area (TPSA) is 47.0 Å². The molecule has 96 valence electrons. The van der Waals surface area contributed by atoms with Crippen LogP contribution in [0.4, 0.5) is 0 Å². The lowest BCUT2D eigenvalue weighted by Gasteiger charge is -2.14. The van der Waals surface area contributed by atoms with Gasteiger partial charge >= 0.3 is 0 Å². The number of H-pyrrole nitrogens is 1. The zero-order valence-corrected chi connectivity index (χ0v) is 11.6. The Morgan fingerprint density at radius 2 is 2.39 bits per heavy atom. The van der Waals surface area contributed by atoms with Crippen molar-refractivity contribution in [3.8, 4) is 0 Å². The second kappa shape index (κ2) is 4.60. The fourth-order valence-electron chi connectivity index (χ4n) is 2.65. The van der Waals surface area contributed by atoms with E-state index in [2.05, 4.69) is 4.98 Å². The molecule has 6 heteroatoms. The highest BCUT2D eigenvalue weighted by atomic mass is 32.1. The van der Waals surface area contributed by atoms with Gasteiger partial charge in [-0.15, -0.1) is 11.3 Å². The van der Waals surface area contributed by atoms with E-state index in [0.29, 0.717) is 4.77 Å². The Bertz CT molecular complexity index is 685. The molecule has 4 nitrogen and oxygen atoms in total. The molecular formula is C12H14N2O2S2. The monoisotopic (exact) mass is 282 g/mol. The lowest BCUT2D eigenvalue weighted by atomic mass is 10.2. The highest BCUT2D eigenvalue weighted by molar-refractivity contribution is 7.71. The lowest BCUT2D eigenvalue weighted by Crippen LogP contribution is -2.25. The maximum Gasteiger partial charge on any atom is 0.272 e. The van der Waals surface area contributed by atoms with Crippen molar-refractivity contribution >= 4 is 33.8 Å². The third kappa shape index (κ3) is 1.84. The van der Waals surface area contributed by atoms with Gasteiger partial charge in [0.1, 0.15) is 4.70 Å². The summed E-state index contributed by atoms with van der Waals surface area (Å²) < 4.78 is 8.36. The average molecular weight is 282 g/mol. The van der Waals surface area contributed by atoms with E-state index in [1.807, 2.05) is 11.4 Å². The Balaban J connectivity index is 2.12. The van der Waals surface area contributed by atoms with Crippen LogP contribution in [0.25, 0.3) is 10.2 Å². The van der Waals surface area contributed by atoms with Crippen LogP contribution < -0.4 is 5.56 Å². The number of hydrogen-bond donors (Lipinski definition) is 1. The number of fused-ring (bicyclic) bond motifs is 1. The normalized spacial score (nSPS) is 23.8. The van der Waals surface area contributed by atoms with E-state index in [9.17, 15) is 4.79 Å². The number of nitrogens with one attached hydrogen (secondary N) is 1. The van der Waals surface area contributed by atoms with Crippen molar-refractivity contribution in [2.45, 2.75) is 31.4 Å². The molecule has 18 heavy (non-hydrogen) atoms. The minimum absolute atomic E-state index is 0.0329. The van der Waals surface area contributed by atoms with E-state index < -0.39 is 0 Å². The molecule has 2 aromatic heterocycles. The van der Waals surface area contributed by atoms with E-state index in [-0.39, 0.29) is 17.7 Å². The fraction of sp³-hybridized carbons (Fsp3) is 0.500. The molecule has 1 N–H and O–H groups in total. The van der Waals surface area contributed by atoms with Crippen LogP contribution in [0.15, 0.2) is 16.2 Å². The molecule has 0 amide bonds. The van der Waals surface area contributed by atoms with Crippen molar-refractivity contribution in [3.05, 3.63) is 26.6 Å². The molecule has 3 rings (SSSR count). The molecule has 1 fully saturated rings. The number of aromatic amines is 1. The highest BCUT2D eigenvalue weighted by Gasteiger charge is 2.27. The van der Waals surface area contributed by atoms with Crippen LogP contribution in [-0.2, 0) is 4.74 Å². The number of thiophene rings is 1. The van der Waals surface area contributed by atoms with Gasteiger partial charge in [-0.25, -0.2) is 0 Å². The second-order valence-corrected chi connectivity index (χ2v) is 5.90. The van der Waals surface area contributed by atoms with Gasteiger partial charge in [0.2, 0.25) is 0 Å². The Morgan fingerprint density at radius 1 is 1.56 bits per heavy atom. The molecule has 0 saturated heterocycles. The summed E-state index contributed by atoms with van der Waals surface area (Å²) in [6.45, 7) is 0. The van der Waals surface area contributed by atoms with Crippen molar-refractivity contribution in [2.24, 2.45) is 0 Å². The van der Waals surface area contributed by atoms with E-state index in [1.165, 1.54) is 11.3 Å². The molecule has 0 spiro atoms. The molecular weight excluding hydrogens is 268 g/mol. The van der Waals surface area contributed by atoms with Crippen LogP contribution >= 0.6 is 23.6 Å². The number of aromatic nitrogens is 2. The number of rotatable bonds is 2. The summed E-state index contributed by atoms with van der Waals surface area (Å²) in [6, 6.07) is 2.06. The van der Waals surface area contributed by atoms with Gasteiger partial charge < -0.3 is 9.72 Å². The van der Waals surface area contributed by atoms with Gasteiger partial charge in [0, 0.05) is 13.2 Å². The molecule has 1 aliphatic rings. The SMILES string of the molecule is COC1CCC(n2c(=S)[nH]c3ccsc3c2=O)C1. The maximum absolute atomic E-state index is 12.4. The second-order valence-electron chi connectivity index (χ2n) is 4.59. The van der Waals surface area contributed by atoms with E-state index in [1.54, 1.807) is 11.7 Å². The van der Waals surface area contributed by atoms with Crippen molar-refractivity contribution in [1.29, 1.82) is 0 Å². The van der Waals surface area contributed by atoms with Gasteiger partial charge in [-0.2, -0.15) is 0 Å². The molecule has 2 heterocycles. The third-order valence-electron chi connectivity index (χ3n) is 3.59. The quantitative estimate of drug-likeness (QED) is 0.862. The number of hydrogen-bond acceptors (Lipinski definition) is 4. The molecule has 1 saturated carbocycles. The molecule has 1 aliphatic carbocycles.